The first-order chi connectivity index (χ1) is 12.9. The van der Waals surface area contributed by atoms with Crippen molar-refractivity contribution in [1.29, 1.82) is 0 Å². The second-order valence-corrected chi connectivity index (χ2v) is 9.19. The zero-order valence-electron chi connectivity index (χ0n) is 14.3. The number of piperazine rings is 1. The topological polar surface area (TPSA) is 90.6 Å². The normalized spacial score (nSPS) is 15.9. The Kier molecular flexibility index (Phi) is 4.58. The molecule has 1 aliphatic rings. The van der Waals surface area contributed by atoms with Crippen LogP contribution in [0.4, 0.5) is 0 Å². The standard InChI is InChI=1S/C18H17N3O4S2/c22-17(13-4-2-1-3-5-13)20-8-10-21(11-9-20)27(24,25)14-6-7-15-16(12-14)26-18(23)19-15/h1-7,12H,8-11H2,(H,19,23). The first-order valence-corrected chi connectivity index (χ1v) is 10.7. The predicted molar refractivity (Wildman–Crippen MR) is 104 cm³/mol. The summed E-state index contributed by atoms with van der Waals surface area (Å²) in [6.07, 6.45) is 0. The number of nitrogens with zero attached hydrogens (tertiary/aromatic N) is 2. The molecule has 1 aromatic heterocycles. The summed E-state index contributed by atoms with van der Waals surface area (Å²) in [5.41, 5.74) is 1.23. The molecule has 0 radical (unpaired) electrons. The van der Waals surface area contributed by atoms with E-state index >= 15 is 0 Å². The number of amides is 1. The molecule has 2 heterocycles. The van der Waals surface area contributed by atoms with Crippen LogP contribution in [0.5, 0.6) is 0 Å². The number of fused-ring (bicyclic) bond motifs is 1. The fourth-order valence-electron chi connectivity index (χ4n) is 3.13. The van der Waals surface area contributed by atoms with Gasteiger partial charge in [0.1, 0.15) is 0 Å². The number of thiazole rings is 1. The number of H-pyrrole nitrogens is 1. The maximum Gasteiger partial charge on any atom is 0.305 e. The summed E-state index contributed by atoms with van der Waals surface area (Å²) in [5.74, 6) is -0.0915. The third-order valence-electron chi connectivity index (χ3n) is 4.58. The van der Waals surface area contributed by atoms with Gasteiger partial charge in [-0.05, 0) is 30.3 Å². The molecule has 140 valence electrons. The van der Waals surface area contributed by atoms with E-state index in [9.17, 15) is 18.0 Å². The molecule has 2 aromatic carbocycles. The molecule has 4 rings (SSSR count). The predicted octanol–water partition coefficient (Wildman–Crippen LogP) is 1.74. The second-order valence-electron chi connectivity index (χ2n) is 6.23. The van der Waals surface area contributed by atoms with Crippen molar-refractivity contribution in [1.82, 2.24) is 14.2 Å². The molecule has 0 saturated carbocycles. The van der Waals surface area contributed by atoms with Gasteiger partial charge in [-0.2, -0.15) is 4.31 Å². The molecule has 1 saturated heterocycles. The minimum absolute atomic E-state index is 0.0915. The highest BCUT2D eigenvalue weighted by Crippen LogP contribution is 2.23. The van der Waals surface area contributed by atoms with Gasteiger partial charge < -0.3 is 9.88 Å². The van der Waals surface area contributed by atoms with Crippen LogP contribution < -0.4 is 4.87 Å². The van der Waals surface area contributed by atoms with Gasteiger partial charge in [0.2, 0.25) is 10.0 Å². The molecule has 0 aliphatic carbocycles. The second kappa shape index (κ2) is 6.91. The van der Waals surface area contributed by atoms with Crippen LogP contribution in [-0.2, 0) is 10.0 Å². The van der Waals surface area contributed by atoms with E-state index in [0.29, 0.717) is 28.9 Å². The van der Waals surface area contributed by atoms with Gasteiger partial charge in [-0.25, -0.2) is 8.42 Å². The molecule has 1 aliphatic heterocycles. The average molecular weight is 403 g/mol. The van der Waals surface area contributed by atoms with Gasteiger partial charge in [0.05, 0.1) is 15.1 Å². The molecule has 1 N–H and O–H groups in total. The lowest BCUT2D eigenvalue weighted by molar-refractivity contribution is 0.0698. The quantitative estimate of drug-likeness (QED) is 0.721. The number of carbonyl (C=O) groups is 1. The van der Waals surface area contributed by atoms with E-state index in [0.717, 1.165) is 11.3 Å². The Morgan fingerprint density at radius 2 is 1.70 bits per heavy atom. The molecule has 7 nitrogen and oxygen atoms in total. The molecule has 9 heteroatoms. The fraction of sp³-hybridized carbons (Fsp3) is 0.222. The molecule has 27 heavy (non-hydrogen) atoms. The van der Waals surface area contributed by atoms with Gasteiger partial charge in [-0.3, -0.25) is 9.59 Å². The Labute approximate surface area is 159 Å². The fourth-order valence-corrected chi connectivity index (χ4v) is 5.43. The van der Waals surface area contributed by atoms with Crippen molar-refractivity contribution < 1.29 is 13.2 Å². The lowest BCUT2D eigenvalue weighted by Crippen LogP contribution is -2.50. The van der Waals surface area contributed by atoms with Gasteiger partial charge >= 0.3 is 4.87 Å². The number of sulfonamides is 1. The van der Waals surface area contributed by atoms with Crippen LogP contribution >= 0.6 is 11.3 Å². The van der Waals surface area contributed by atoms with E-state index in [1.54, 1.807) is 35.2 Å². The summed E-state index contributed by atoms with van der Waals surface area (Å²) < 4.78 is 27.8. The third-order valence-corrected chi connectivity index (χ3v) is 7.32. The molecule has 0 bridgehead atoms. The van der Waals surface area contributed by atoms with Crippen molar-refractivity contribution in [3.8, 4) is 0 Å². The number of aromatic amines is 1. The number of benzene rings is 2. The maximum atomic E-state index is 12.9. The van der Waals surface area contributed by atoms with Crippen molar-refractivity contribution in [2.75, 3.05) is 26.2 Å². The van der Waals surface area contributed by atoms with Crippen LogP contribution in [0.1, 0.15) is 10.4 Å². The van der Waals surface area contributed by atoms with Gasteiger partial charge in [0.25, 0.3) is 5.91 Å². The van der Waals surface area contributed by atoms with Crippen LogP contribution in [0.25, 0.3) is 10.2 Å². The maximum absolute atomic E-state index is 12.9. The lowest BCUT2D eigenvalue weighted by Gasteiger charge is -2.34. The number of hydrogen-bond acceptors (Lipinski definition) is 5. The van der Waals surface area contributed by atoms with Gasteiger partial charge in [-0.15, -0.1) is 0 Å². The van der Waals surface area contributed by atoms with Gasteiger partial charge in [0.15, 0.2) is 0 Å². The monoisotopic (exact) mass is 403 g/mol. The zero-order valence-corrected chi connectivity index (χ0v) is 15.9. The van der Waals surface area contributed by atoms with Crippen LogP contribution in [0.3, 0.4) is 0 Å². The van der Waals surface area contributed by atoms with Crippen LogP contribution in [0.2, 0.25) is 0 Å². The van der Waals surface area contributed by atoms with E-state index < -0.39 is 10.0 Å². The summed E-state index contributed by atoms with van der Waals surface area (Å²) in [6, 6.07) is 13.6. The molecular weight excluding hydrogens is 386 g/mol. The number of carbonyl (C=O) groups excluding carboxylic acids is 1. The molecule has 3 aromatic rings. The lowest BCUT2D eigenvalue weighted by atomic mass is 10.2. The van der Waals surface area contributed by atoms with Crippen molar-refractivity contribution in [3.05, 3.63) is 63.8 Å². The van der Waals surface area contributed by atoms with Crippen LogP contribution in [0.15, 0.2) is 58.2 Å². The summed E-state index contributed by atoms with van der Waals surface area (Å²) >= 11 is 0.984. The van der Waals surface area contributed by atoms with Crippen molar-refractivity contribution >= 4 is 37.5 Å². The van der Waals surface area contributed by atoms with Crippen LogP contribution in [0, 0.1) is 0 Å². The van der Waals surface area contributed by atoms with Gasteiger partial charge in [-0.1, -0.05) is 29.5 Å². The SMILES string of the molecule is O=C(c1ccccc1)N1CCN(S(=O)(=O)c2ccc3[nH]c(=O)sc3c2)CC1. The molecule has 1 fully saturated rings. The number of hydrogen-bond donors (Lipinski definition) is 1. The zero-order chi connectivity index (χ0) is 19.0. The Morgan fingerprint density at radius 3 is 2.41 bits per heavy atom. The van der Waals surface area contributed by atoms with Gasteiger partial charge in [0, 0.05) is 31.7 Å². The molecular formula is C18H17N3O4S2. The average Bonchev–Trinajstić information content (AvgIpc) is 3.07. The minimum Gasteiger partial charge on any atom is -0.336 e. The van der Waals surface area contributed by atoms with Crippen molar-refractivity contribution in [2.45, 2.75) is 4.90 Å². The summed E-state index contributed by atoms with van der Waals surface area (Å²) in [6.45, 7) is 1.16. The Balaban J connectivity index is 1.51. The highest BCUT2D eigenvalue weighted by atomic mass is 32.2. The van der Waals surface area contributed by atoms with Crippen molar-refractivity contribution in [2.24, 2.45) is 0 Å². The smallest absolute Gasteiger partial charge is 0.305 e. The summed E-state index contributed by atoms with van der Waals surface area (Å²) in [5, 5.41) is 0. The van der Waals surface area contributed by atoms with E-state index in [4.69, 9.17) is 0 Å². The third kappa shape index (κ3) is 3.41. The van der Waals surface area contributed by atoms with Crippen LogP contribution in [-0.4, -0.2) is 54.7 Å². The first kappa shape index (κ1) is 17.9. The summed E-state index contributed by atoms with van der Waals surface area (Å²) in [7, 11) is -3.67. The Morgan fingerprint density at radius 1 is 1.00 bits per heavy atom. The van der Waals surface area contributed by atoms with E-state index in [1.165, 1.54) is 16.4 Å². The van der Waals surface area contributed by atoms with Crippen molar-refractivity contribution in [3.63, 3.8) is 0 Å². The first-order valence-electron chi connectivity index (χ1n) is 8.42. The largest absolute Gasteiger partial charge is 0.336 e. The number of rotatable bonds is 3. The molecule has 0 unspecified atom stereocenters. The minimum atomic E-state index is -3.67. The Bertz CT molecular complexity index is 1140. The molecule has 1 amide bonds. The highest BCUT2D eigenvalue weighted by Gasteiger charge is 2.30. The molecule has 0 spiro atoms. The highest BCUT2D eigenvalue weighted by molar-refractivity contribution is 7.89. The molecule has 0 atom stereocenters. The summed E-state index contributed by atoms with van der Waals surface area (Å²) in [4.78, 5) is 28.2. The number of nitrogens with one attached hydrogen (secondary N) is 1. The number of aromatic nitrogens is 1. The Hall–Kier alpha value is -2.49. The van der Waals surface area contributed by atoms with E-state index in [1.807, 2.05) is 6.07 Å². The van der Waals surface area contributed by atoms with E-state index in [-0.39, 0.29) is 28.8 Å². The van der Waals surface area contributed by atoms with E-state index in [2.05, 4.69) is 4.98 Å².